The molecule has 1 amide bonds. The Bertz CT molecular complexity index is 2850. The number of nitrogens with one attached hydrogen (secondary N) is 3. The topological polar surface area (TPSA) is 126 Å². The molecule has 6 rings (SSSR count). The Labute approximate surface area is 430 Å². The minimum Gasteiger partial charge on any atom is -0.491 e. The van der Waals surface area contributed by atoms with Crippen LogP contribution in [0, 0.1) is 6.92 Å². The van der Waals surface area contributed by atoms with E-state index in [0.717, 1.165) is 41.3 Å². The number of hydrogen-bond donors (Lipinski definition) is 3. The number of benzene rings is 5. The fraction of sp³-hybridized carbons (Fsp3) is 0.292. The monoisotopic (exact) mass is 1080 g/mol. The molecule has 0 fully saturated rings. The number of aryl methyl sites for hydroxylation is 1. The Morgan fingerprint density at radius 2 is 1.34 bits per heavy atom. The largest absolute Gasteiger partial charge is 0.491 e. The van der Waals surface area contributed by atoms with Crippen LogP contribution >= 0.6 is 93.0 Å². The lowest BCUT2D eigenvalue weighted by Gasteiger charge is -2.20. The molecule has 1 heterocycles. The lowest BCUT2D eigenvalue weighted by atomic mass is 10.1. The van der Waals surface area contributed by atoms with Crippen molar-refractivity contribution in [3.63, 3.8) is 0 Å². The van der Waals surface area contributed by atoms with Gasteiger partial charge >= 0.3 is 0 Å². The standard InChI is InChI=1S/C48H48Cl7N5O5S2/c1-4-5-6-7-8-9-10-11-12-13-26-65-38-25-17-31(56-47(61)35-27-30(49)16-24-36(35)50)28-37(38)57-46-45(48(62)60(58-46)44-42(54)40(52)39(51)41(53)43(44)55)66-33-20-18-32(19-21-33)59(3)67(63,64)34-22-14-29(2)15-23-34/h14-25,27-28,57-58H,4-13,26H2,1-3H3,(H,56,61). The maximum Gasteiger partial charge on any atom is 0.287 e. The molecule has 3 N–H and O–H groups in total. The van der Waals surface area contributed by atoms with Crippen molar-refractivity contribution in [1.29, 1.82) is 0 Å². The van der Waals surface area contributed by atoms with Crippen LogP contribution in [0.15, 0.2) is 104 Å². The highest BCUT2D eigenvalue weighted by molar-refractivity contribution is 7.99. The van der Waals surface area contributed by atoms with Crippen molar-refractivity contribution in [2.75, 3.05) is 28.6 Å². The fourth-order valence-corrected chi connectivity index (χ4v) is 10.8. The molecule has 10 nitrogen and oxygen atoms in total. The van der Waals surface area contributed by atoms with E-state index in [9.17, 15) is 18.0 Å². The highest BCUT2D eigenvalue weighted by Gasteiger charge is 2.27. The van der Waals surface area contributed by atoms with Gasteiger partial charge in [-0.15, -0.1) is 0 Å². The first kappa shape index (κ1) is 52.7. The van der Waals surface area contributed by atoms with Gasteiger partial charge in [-0.05, 0) is 86.1 Å². The number of carbonyl (C=O) groups excluding carboxylic acids is 1. The third kappa shape index (κ3) is 13.1. The van der Waals surface area contributed by atoms with E-state index in [1.54, 1.807) is 72.8 Å². The SMILES string of the molecule is CCCCCCCCCCCCOc1ccc(NC(=O)c2cc(Cl)ccc2Cl)cc1Nc1[nH]n(-c2c(Cl)c(Cl)c(Cl)c(Cl)c2Cl)c(=O)c1Sc1ccc(N(C)S(=O)(=O)c2ccc(C)cc2)cc1. The smallest absolute Gasteiger partial charge is 0.287 e. The summed E-state index contributed by atoms with van der Waals surface area (Å²) in [6.07, 6.45) is 11.6. The summed E-state index contributed by atoms with van der Waals surface area (Å²) in [4.78, 5) is 28.9. The summed E-state index contributed by atoms with van der Waals surface area (Å²) >= 11 is 46.3. The van der Waals surface area contributed by atoms with Crippen molar-refractivity contribution in [3.8, 4) is 11.4 Å². The number of H-pyrrole nitrogens is 1. The zero-order valence-corrected chi connectivity index (χ0v) is 43.7. The molecule has 0 saturated carbocycles. The van der Waals surface area contributed by atoms with Crippen LogP contribution in [-0.2, 0) is 10.0 Å². The average molecular weight is 1090 g/mol. The molecule has 356 valence electrons. The minimum atomic E-state index is -3.88. The third-order valence-corrected chi connectivity index (χ3v) is 16.5. The molecule has 0 bridgehead atoms. The second kappa shape index (κ2) is 24.2. The van der Waals surface area contributed by atoms with Crippen molar-refractivity contribution < 1.29 is 17.9 Å². The fourth-order valence-electron chi connectivity index (χ4n) is 7.00. The lowest BCUT2D eigenvalue weighted by molar-refractivity contribution is 0.102. The third-order valence-electron chi connectivity index (χ3n) is 10.8. The number of ether oxygens (including phenoxy) is 1. The molecule has 0 aliphatic heterocycles. The number of rotatable bonds is 22. The van der Waals surface area contributed by atoms with E-state index in [2.05, 4.69) is 22.7 Å². The molecular weight excluding hydrogens is 1040 g/mol. The van der Waals surface area contributed by atoms with E-state index in [-0.39, 0.29) is 57.0 Å². The summed E-state index contributed by atoms with van der Waals surface area (Å²) in [6.45, 7) is 4.50. The Morgan fingerprint density at radius 1 is 0.746 bits per heavy atom. The first-order valence-corrected chi connectivity index (χ1v) is 26.4. The molecule has 0 radical (unpaired) electrons. The Balaban J connectivity index is 1.34. The van der Waals surface area contributed by atoms with Gasteiger partial charge in [0.25, 0.3) is 21.5 Å². The molecule has 0 spiro atoms. The van der Waals surface area contributed by atoms with Gasteiger partial charge in [-0.25, -0.2) is 13.1 Å². The summed E-state index contributed by atoms with van der Waals surface area (Å²) in [6, 6.07) is 22.9. The number of carbonyl (C=O) groups is 1. The molecule has 0 unspecified atom stereocenters. The maximum absolute atomic E-state index is 14.6. The Kier molecular flexibility index (Phi) is 19.1. The van der Waals surface area contributed by atoms with Crippen LogP contribution in [-0.4, -0.2) is 37.8 Å². The average Bonchev–Trinajstić information content (AvgIpc) is 3.60. The van der Waals surface area contributed by atoms with Crippen LogP contribution in [0.5, 0.6) is 5.75 Å². The van der Waals surface area contributed by atoms with Gasteiger partial charge in [0.2, 0.25) is 0 Å². The summed E-state index contributed by atoms with van der Waals surface area (Å²) in [5, 5.41) is 9.21. The first-order valence-electron chi connectivity index (χ1n) is 21.5. The van der Waals surface area contributed by atoms with Crippen molar-refractivity contribution in [1.82, 2.24) is 9.78 Å². The summed E-state index contributed by atoms with van der Waals surface area (Å²) in [7, 11) is -2.41. The predicted octanol–water partition coefficient (Wildman–Crippen LogP) is 16.3. The second-order valence-corrected chi connectivity index (χ2v) is 21.5. The van der Waals surface area contributed by atoms with Gasteiger partial charge in [0.05, 0.1) is 58.6 Å². The van der Waals surface area contributed by atoms with Crippen LogP contribution in [0.25, 0.3) is 5.69 Å². The van der Waals surface area contributed by atoms with Crippen LogP contribution < -0.4 is 25.2 Å². The number of nitrogens with zero attached hydrogens (tertiary/aromatic N) is 2. The molecule has 1 aromatic heterocycles. The second-order valence-electron chi connectivity index (χ2n) is 15.7. The van der Waals surface area contributed by atoms with Gasteiger partial charge in [-0.3, -0.25) is 19.0 Å². The van der Waals surface area contributed by atoms with E-state index in [1.807, 2.05) is 6.92 Å². The van der Waals surface area contributed by atoms with Crippen molar-refractivity contribution in [2.45, 2.75) is 92.7 Å². The molecule has 0 saturated heterocycles. The van der Waals surface area contributed by atoms with Gasteiger partial charge in [-0.1, -0.05) is 175 Å². The quantitative estimate of drug-likeness (QED) is 0.0351. The molecular formula is C48H48Cl7N5O5S2. The van der Waals surface area contributed by atoms with Crippen LogP contribution in [0.3, 0.4) is 0 Å². The van der Waals surface area contributed by atoms with Gasteiger partial charge in [0.1, 0.15) is 22.2 Å². The zero-order valence-electron chi connectivity index (χ0n) is 36.8. The van der Waals surface area contributed by atoms with Crippen molar-refractivity contribution in [3.05, 3.63) is 142 Å². The highest BCUT2D eigenvalue weighted by atomic mass is 35.5. The van der Waals surface area contributed by atoms with Crippen LogP contribution in [0.2, 0.25) is 35.2 Å². The van der Waals surface area contributed by atoms with Gasteiger partial charge < -0.3 is 15.4 Å². The number of anilines is 4. The van der Waals surface area contributed by atoms with Crippen LogP contribution in [0.4, 0.5) is 22.9 Å². The van der Waals surface area contributed by atoms with Crippen LogP contribution in [0.1, 0.15) is 87.1 Å². The Morgan fingerprint density at radius 3 is 1.97 bits per heavy atom. The van der Waals surface area contributed by atoms with Gasteiger partial charge in [0, 0.05) is 22.7 Å². The number of unbranched alkanes of at least 4 members (excludes halogenated alkanes) is 9. The number of aromatic amines is 1. The lowest BCUT2D eigenvalue weighted by Crippen LogP contribution is -2.26. The number of amides is 1. The summed E-state index contributed by atoms with van der Waals surface area (Å²) in [5.41, 5.74) is 1.57. The summed E-state index contributed by atoms with van der Waals surface area (Å²) < 4.78 is 35.6. The zero-order chi connectivity index (χ0) is 48.4. The van der Waals surface area contributed by atoms with E-state index in [1.165, 1.54) is 68.4 Å². The van der Waals surface area contributed by atoms with E-state index in [0.29, 0.717) is 39.3 Å². The molecule has 67 heavy (non-hydrogen) atoms. The van der Waals surface area contributed by atoms with Crippen molar-refractivity contribution >= 4 is 132 Å². The first-order chi connectivity index (χ1) is 32.0. The number of aromatic nitrogens is 2. The highest BCUT2D eigenvalue weighted by Crippen LogP contribution is 2.46. The number of halogens is 7. The Hall–Kier alpha value is -3.69. The number of hydrogen-bond acceptors (Lipinski definition) is 7. The van der Waals surface area contributed by atoms with E-state index < -0.39 is 21.5 Å². The normalized spacial score (nSPS) is 11.5. The van der Waals surface area contributed by atoms with Gasteiger partial charge in [0.15, 0.2) is 0 Å². The molecule has 0 aliphatic rings. The molecule has 0 atom stereocenters. The number of sulfonamides is 1. The predicted molar refractivity (Wildman–Crippen MR) is 280 cm³/mol. The molecule has 6 aromatic rings. The minimum absolute atomic E-state index is 0.0576. The molecule has 0 aliphatic carbocycles. The van der Waals surface area contributed by atoms with E-state index in [4.69, 9.17) is 85.9 Å². The molecule has 5 aromatic carbocycles. The van der Waals surface area contributed by atoms with E-state index >= 15 is 0 Å². The summed E-state index contributed by atoms with van der Waals surface area (Å²) in [5.74, 6) is 0.0857. The van der Waals surface area contributed by atoms with Crippen molar-refractivity contribution in [2.24, 2.45) is 0 Å². The maximum atomic E-state index is 14.6. The van der Waals surface area contributed by atoms with Gasteiger partial charge in [-0.2, -0.15) is 0 Å². The molecule has 19 heteroatoms.